The van der Waals surface area contributed by atoms with Crippen LogP contribution in [0.25, 0.3) is 0 Å². The van der Waals surface area contributed by atoms with E-state index in [9.17, 15) is 0 Å². The molecule has 19 heavy (non-hydrogen) atoms. The minimum Gasteiger partial charge on any atom is -0.373 e. The van der Waals surface area contributed by atoms with Crippen molar-refractivity contribution >= 4 is 0 Å². The van der Waals surface area contributed by atoms with Gasteiger partial charge in [-0.3, -0.25) is 4.90 Å². The first-order valence-electron chi connectivity index (χ1n) is 7.85. The predicted octanol–water partition coefficient (Wildman–Crippen LogP) is 1.63. The maximum Gasteiger partial charge on any atom is 0.0935 e. The van der Waals surface area contributed by atoms with Crippen LogP contribution in [0.3, 0.4) is 0 Å². The highest BCUT2D eigenvalue weighted by Gasteiger charge is 2.35. The molecule has 1 atom stereocenters. The predicted molar refractivity (Wildman–Crippen MR) is 77.2 cm³/mol. The average Bonchev–Trinajstić information content (AvgIpc) is 2.47. The zero-order valence-electron chi connectivity index (χ0n) is 12.6. The van der Waals surface area contributed by atoms with Crippen LogP contribution in [0.15, 0.2) is 0 Å². The van der Waals surface area contributed by atoms with Crippen molar-refractivity contribution < 1.29 is 9.47 Å². The summed E-state index contributed by atoms with van der Waals surface area (Å²) in [5, 5.41) is 0. The molecular weight excluding hydrogens is 240 g/mol. The molecule has 1 heterocycles. The first-order chi connectivity index (χ1) is 9.17. The van der Waals surface area contributed by atoms with Crippen LogP contribution < -0.4 is 5.73 Å². The normalized spacial score (nSPS) is 37.4. The maximum atomic E-state index is 6.22. The highest BCUT2D eigenvalue weighted by molar-refractivity contribution is 4.88. The lowest BCUT2D eigenvalue weighted by Crippen LogP contribution is -2.49. The minimum absolute atomic E-state index is 0.0790. The van der Waals surface area contributed by atoms with Gasteiger partial charge in [0, 0.05) is 19.6 Å². The molecule has 0 bridgehead atoms. The van der Waals surface area contributed by atoms with E-state index in [0.717, 1.165) is 45.0 Å². The molecule has 1 saturated carbocycles. The fourth-order valence-corrected chi connectivity index (χ4v) is 3.13. The SMILES string of the molecule is CCN1CCOC(COC2(CN)CCC(C)CC2)C1. The summed E-state index contributed by atoms with van der Waals surface area (Å²) in [5.74, 6) is 0.824. The van der Waals surface area contributed by atoms with E-state index in [1.165, 1.54) is 12.8 Å². The van der Waals surface area contributed by atoms with Crippen molar-refractivity contribution in [3.8, 4) is 0 Å². The molecule has 0 aromatic carbocycles. The molecule has 0 spiro atoms. The topological polar surface area (TPSA) is 47.7 Å². The van der Waals surface area contributed by atoms with Crippen molar-refractivity contribution in [1.82, 2.24) is 4.90 Å². The van der Waals surface area contributed by atoms with Crippen LogP contribution in [0.5, 0.6) is 0 Å². The van der Waals surface area contributed by atoms with Crippen LogP contribution in [0, 0.1) is 5.92 Å². The summed E-state index contributed by atoms with van der Waals surface area (Å²) < 4.78 is 12.0. The van der Waals surface area contributed by atoms with Gasteiger partial charge in [-0.2, -0.15) is 0 Å². The third-order valence-electron chi connectivity index (χ3n) is 4.80. The van der Waals surface area contributed by atoms with Gasteiger partial charge < -0.3 is 15.2 Å². The summed E-state index contributed by atoms with van der Waals surface area (Å²) in [5.41, 5.74) is 5.90. The van der Waals surface area contributed by atoms with Crippen molar-refractivity contribution in [3.63, 3.8) is 0 Å². The van der Waals surface area contributed by atoms with Gasteiger partial charge >= 0.3 is 0 Å². The van der Waals surface area contributed by atoms with E-state index in [1.54, 1.807) is 0 Å². The molecule has 2 aliphatic rings. The Morgan fingerprint density at radius 2 is 2.11 bits per heavy atom. The second kappa shape index (κ2) is 7.02. The highest BCUT2D eigenvalue weighted by Crippen LogP contribution is 2.34. The monoisotopic (exact) mass is 270 g/mol. The summed E-state index contributed by atoms with van der Waals surface area (Å²) in [7, 11) is 0. The van der Waals surface area contributed by atoms with Gasteiger partial charge in [-0.1, -0.05) is 13.8 Å². The second-order valence-corrected chi connectivity index (χ2v) is 6.27. The molecule has 1 aliphatic heterocycles. The van der Waals surface area contributed by atoms with Gasteiger partial charge in [0.25, 0.3) is 0 Å². The third-order valence-corrected chi connectivity index (χ3v) is 4.80. The van der Waals surface area contributed by atoms with E-state index >= 15 is 0 Å². The van der Waals surface area contributed by atoms with Gasteiger partial charge in [-0.25, -0.2) is 0 Å². The van der Waals surface area contributed by atoms with Crippen LogP contribution >= 0.6 is 0 Å². The van der Waals surface area contributed by atoms with Gasteiger partial charge in [0.05, 0.1) is 24.9 Å². The van der Waals surface area contributed by atoms with E-state index in [1.807, 2.05) is 0 Å². The fraction of sp³-hybridized carbons (Fsp3) is 1.00. The number of morpholine rings is 1. The minimum atomic E-state index is -0.0790. The molecule has 0 aromatic heterocycles. The summed E-state index contributed by atoms with van der Waals surface area (Å²) in [6.45, 7) is 9.83. The van der Waals surface area contributed by atoms with Gasteiger partial charge in [-0.15, -0.1) is 0 Å². The summed E-state index contributed by atoms with van der Waals surface area (Å²) in [4.78, 5) is 2.43. The molecular formula is C15H30N2O2. The summed E-state index contributed by atoms with van der Waals surface area (Å²) in [6, 6.07) is 0. The van der Waals surface area contributed by atoms with Crippen molar-refractivity contribution in [2.24, 2.45) is 11.7 Å². The quantitative estimate of drug-likeness (QED) is 0.825. The number of ether oxygens (including phenoxy) is 2. The first-order valence-corrected chi connectivity index (χ1v) is 7.85. The molecule has 2 N–H and O–H groups in total. The zero-order valence-corrected chi connectivity index (χ0v) is 12.6. The number of hydrogen-bond acceptors (Lipinski definition) is 4. The Hall–Kier alpha value is -0.160. The van der Waals surface area contributed by atoms with Crippen molar-refractivity contribution in [3.05, 3.63) is 0 Å². The molecule has 1 unspecified atom stereocenters. The van der Waals surface area contributed by atoms with Crippen LogP contribution in [0.4, 0.5) is 0 Å². The number of nitrogens with zero attached hydrogens (tertiary/aromatic N) is 1. The van der Waals surface area contributed by atoms with Crippen molar-refractivity contribution in [1.29, 1.82) is 0 Å². The number of rotatable bonds is 5. The van der Waals surface area contributed by atoms with E-state index in [2.05, 4.69) is 18.7 Å². The Morgan fingerprint density at radius 3 is 2.74 bits per heavy atom. The lowest BCUT2D eigenvalue weighted by molar-refractivity contribution is -0.129. The van der Waals surface area contributed by atoms with Gasteiger partial charge in [0.15, 0.2) is 0 Å². The van der Waals surface area contributed by atoms with Crippen LogP contribution in [-0.4, -0.2) is 56.0 Å². The lowest BCUT2D eigenvalue weighted by atomic mass is 9.79. The first kappa shape index (κ1) is 15.2. The van der Waals surface area contributed by atoms with Crippen molar-refractivity contribution in [2.75, 3.05) is 39.4 Å². The van der Waals surface area contributed by atoms with E-state index in [0.29, 0.717) is 13.2 Å². The molecule has 112 valence electrons. The molecule has 0 amide bonds. The average molecular weight is 270 g/mol. The highest BCUT2D eigenvalue weighted by atomic mass is 16.5. The van der Waals surface area contributed by atoms with Gasteiger partial charge in [0.2, 0.25) is 0 Å². The molecule has 4 heteroatoms. The molecule has 2 rings (SSSR count). The standard InChI is InChI=1S/C15H30N2O2/c1-3-17-8-9-18-14(10-17)11-19-15(12-16)6-4-13(2)5-7-15/h13-14H,3-12,16H2,1-2H3. The van der Waals surface area contributed by atoms with E-state index < -0.39 is 0 Å². The maximum absolute atomic E-state index is 6.22. The van der Waals surface area contributed by atoms with Gasteiger partial charge in [0.1, 0.15) is 0 Å². The molecule has 4 nitrogen and oxygen atoms in total. The molecule has 1 saturated heterocycles. The Bertz CT molecular complexity index is 265. The van der Waals surface area contributed by atoms with E-state index in [-0.39, 0.29) is 11.7 Å². The Balaban J connectivity index is 1.79. The smallest absolute Gasteiger partial charge is 0.0935 e. The van der Waals surface area contributed by atoms with Gasteiger partial charge in [-0.05, 0) is 38.1 Å². The number of hydrogen-bond donors (Lipinski definition) is 1. The largest absolute Gasteiger partial charge is 0.373 e. The second-order valence-electron chi connectivity index (χ2n) is 6.27. The molecule has 0 aromatic rings. The Kier molecular flexibility index (Phi) is 5.63. The fourth-order valence-electron chi connectivity index (χ4n) is 3.13. The van der Waals surface area contributed by atoms with Crippen LogP contribution in [0.2, 0.25) is 0 Å². The lowest BCUT2D eigenvalue weighted by Gasteiger charge is -2.40. The Labute approximate surface area is 117 Å². The van der Waals surface area contributed by atoms with Crippen molar-refractivity contribution in [2.45, 2.75) is 51.2 Å². The number of likely N-dealkylation sites (N-methyl/N-ethyl adjacent to an activating group) is 1. The molecule has 1 aliphatic carbocycles. The zero-order chi connectivity index (χ0) is 13.7. The van der Waals surface area contributed by atoms with Crippen LogP contribution in [0.1, 0.15) is 39.5 Å². The van der Waals surface area contributed by atoms with E-state index in [4.69, 9.17) is 15.2 Å². The summed E-state index contributed by atoms with van der Waals surface area (Å²) >= 11 is 0. The molecule has 2 fully saturated rings. The molecule has 0 radical (unpaired) electrons. The number of nitrogens with two attached hydrogens (primary N) is 1. The third kappa shape index (κ3) is 4.15. The summed E-state index contributed by atoms with van der Waals surface area (Å²) in [6.07, 6.45) is 4.91. The van der Waals surface area contributed by atoms with Crippen LogP contribution in [-0.2, 0) is 9.47 Å². The Morgan fingerprint density at radius 1 is 1.37 bits per heavy atom.